The van der Waals surface area contributed by atoms with Gasteiger partial charge >= 0.3 is 0 Å². The molecule has 1 unspecified atom stereocenters. The zero-order valence-corrected chi connectivity index (χ0v) is 33.0. The second-order valence-corrected chi connectivity index (χ2v) is 15.9. The van der Waals surface area contributed by atoms with Crippen molar-refractivity contribution < 1.29 is 42.6 Å². The lowest BCUT2D eigenvalue weighted by atomic mass is 10.1. The van der Waals surface area contributed by atoms with Gasteiger partial charge in [0, 0.05) is 32.3 Å². The van der Waals surface area contributed by atoms with Crippen molar-refractivity contribution in [2.45, 2.75) is 48.5 Å². The van der Waals surface area contributed by atoms with Gasteiger partial charge in [-0.05, 0) is 71.2 Å². The molecule has 9 nitrogen and oxygen atoms in total. The van der Waals surface area contributed by atoms with Crippen LogP contribution in [0.4, 0.5) is 0 Å². The summed E-state index contributed by atoms with van der Waals surface area (Å²) in [6.45, 7) is 14.7. The lowest BCUT2D eigenvalue weighted by molar-refractivity contribution is 0.346. The molecule has 0 amide bonds. The van der Waals surface area contributed by atoms with Crippen LogP contribution in [0.25, 0.3) is 0 Å². The Morgan fingerprint density at radius 3 is 0.898 bits per heavy atom. The van der Waals surface area contributed by atoms with Crippen LogP contribution >= 0.6 is 0 Å². The summed E-state index contributed by atoms with van der Waals surface area (Å²) in [6.07, 6.45) is 0. The number of hydrogen-bond acceptors (Lipinski definition) is 9. The molecule has 3 aromatic rings. The van der Waals surface area contributed by atoms with Crippen LogP contribution < -0.4 is 58.2 Å². The summed E-state index contributed by atoms with van der Waals surface area (Å²) < 4.78 is 55.9. The molecule has 0 spiro atoms. The summed E-state index contributed by atoms with van der Waals surface area (Å²) in [5.41, 5.74) is 6.07. The second kappa shape index (κ2) is 14.6. The van der Waals surface area contributed by atoms with Crippen LogP contribution in [0.5, 0.6) is 51.7 Å². The molecule has 3 aromatic carbocycles. The van der Waals surface area contributed by atoms with Crippen molar-refractivity contribution in [1.82, 2.24) is 0 Å². The van der Waals surface area contributed by atoms with E-state index in [1.54, 1.807) is 64.0 Å². The van der Waals surface area contributed by atoms with E-state index in [2.05, 4.69) is 45.9 Å². The van der Waals surface area contributed by atoms with Gasteiger partial charge in [-0.15, -0.1) is 0 Å². The highest BCUT2D eigenvalue weighted by Gasteiger charge is 2.55. The highest BCUT2D eigenvalue weighted by Crippen LogP contribution is 2.49. The predicted octanol–water partition coefficient (Wildman–Crippen LogP) is 6.00. The minimum atomic E-state index is -3.77. The van der Waals surface area contributed by atoms with Crippen LogP contribution in [0.15, 0.2) is 40.1 Å². The topological polar surface area (TPSA) is 83.1 Å². The van der Waals surface area contributed by atoms with Crippen LogP contribution in [-0.4, -0.2) is 72.1 Å². The van der Waals surface area contributed by atoms with Crippen LogP contribution in [0.3, 0.4) is 0 Å². The van der Waals surface area contributed by atoms with E-state index in [-0.39, 0.29) is 5.92 Å². The fourth-order valence-electron chi connectivity index (χ4n) is 7.79. The van der Waals surface area contributed by atoms with E-state index in [0.717, 1.165) is 32.3 Å². The highest BCUT2D eigenvalue weighted by atomic mass is 28.3. The van der Waals surface area contributed by atoms with Crippen LogP contribution in [-0.2, 0) is 0 Å². The van der Waals surface area contributed by atoms with Gasteiger partial charge in [0.25, 0.3) is 0 Å². The first kappa shape index (κ1) is 37.4. The Labute approximate surface area is 292 Å². The lowest BCUT2D eigenvalue weighted by Crippen LogP contribution is -2.70. The molecule has 10 heteroatoms. The van der Waals surface area contributed by atoms with E-state index in [4.69, 9.17) is 42.6 Å². The van der Waals surface area contributed by atoms with E-state index in [1.165, 1.54) is 21.9 Å². The number of hydrogen-bond donors (Lipinski definition) is 0. The van der Waals surface area contributed by atoms with Gasteiger partial charge in [-0.1, -0.05) is 23.3 Å². The minimum absolute atomic E-state index is 0.000614. The summed E-state index contributed by atoms with van der Waals surface area (Å²) in [5.74, 6) is 5.34. The smallest absolute Gasteiger partial charge is 0.190 e. The Hall–Kier alpha value is -4.44. The quantitative estimate of drug-likeness (QED) is 0.158. The van der Waals surface area contributed by atoms with Crippen molar-refractivity contribution >= 4 is 23.6 Å². The first-order valence-electron chi connectivity index (χ1n) is 16.1. The third kappa shape index (κ3) is 5.44. The Bertz CT molecular complexity index is 1650. The molecule has 0 saturated carbocycles. The summed E-state index contributed by atoms with van der Waals surface area (Å²) in [7, 11) is 11.2. The molecule has 49 heavy (non-hydrogen) atoms. The molecule has 0 N–H and O–H groups in total. The highest BCUT2D eigenvalue weighted by molar-refractivity contribution is 7.17. The number of ether oxygens (including phenoxy) is 9. The van der Waals surface area contributed by atoms with Gasteiger partial charge in [-0.25, -0.2) is 0 Å². The van der Waals surface area contributed by atoms with Gasteiger partial charge in [0.15, 0.2) is 42.6 Å². The van der Waals surface area contributed by atoms with Crippen molar-refractivity contribution in [3.05, 3.63) is 56.8 Å². The summed E-state index contributed by atoms with van der Waals surface area (Å²) in [6, 6.07) is 6.24. The van der Waals surface area contributed by atoms with Gasteiger partial charge in [-0.3, -0.25) is 0 Å². The largest absolute Gasteiger partial charge is 0.496 e. The van der Waals surface area contributed by atoms with Crippen molar-refractivity contribution in [1.29, 1.82) is 0 Å². The maximum absolute atomic E-state index is 6.41. The third-order valence-electron chi connectivity index (χ3n) is 10.5. The van der Waals surface area contributed by atoms with Crippen LogP contribution in [0.1, 0.15) is 44.4 Å². The predicted molar refractivity (Wildman–Crippen MR) is 197 cm³/mol. The average Bonchev–Trinajstić information content (AvgIpc) is 3.30. The van der Waals surface area contributed by atoms with Gasteiger partial charge in [-0.2, -0.15) is 0 Å². The van der Waals surface area contributed by atoms with Crippen molar-refractivity contribution in [3.63, 3.8) is 0 Å². The van der Waals surface area contributed by atoms with Crippen molar-refractivity contribution in [3.8, 4) is 51.7 Å². The van der Waals surface area contributed by atoms with Gasteiger partial charge in [0.05, 0.1) is 64.0 Å². The average molecular weight is 693 g/mol. The molecule has 1 aliphatic carbocycles. The van der Waals surface area contributed by atoms with E-state index < -0.39 is 8.07 Å². The molecular formula is C39H52O9Si. The molecule has 0 aliphatic heterocycles. The van der Waals surface area contributed by atoms with Crippen LogP contribution in [0, 0.1) is 26.7 Å². The standard InChI is InChI=1S/C39H52O9Si/c1-20-21(2)23(4)39(22(20)3)49(30-17-27(40-8)24(5)33(43-11)36(30)46-14,31-18-28(41-9)25(6)34(44-12)37(31)47-15)32-19-29(42-10)26(7)35(45-13)38(32)48-16/h17-19,22H,1-16H3. The van der Waals surface area contributed by atoms with E-state index >= 15 is 0 Å². The summed E-state index contributed by atoms with van der Waals surface area (Å²) in [4.78, 5) is 0. The second-order valence-electron chi connectivity index (χ2n) is 12.3. The monoisotopic (exact) mass is 692 g/mol. The molecule has 0 saturated heterocycles. The molecular weight excluding hydrogens is 641 g/mol. The number of rotatable bonds is 13. The summed E-state index contributed by atoms with van der Waals surface area (Å²) >= 11 is 0. The molecule has 0 bridgehead atoms. The van der Waals surface area contributed by atoms with Gasteiger partial charge in [0.1, 0.15) is 17.2 Å². The lowest BCUT2D eigenvalue weighted by Gasteiger charge is -2.41. The van der Waals surface area contributed by atoms with Crippen molar-refractivity contribution in [2.24, 2.45) is 5.92 Å². The Morgan fingerprint density at radius 1 is 0.408 bits per heavy atom. The Kier molecular flexibility index (Phi) is 11.1. The van der Waals surface area contributed by atoms with Crippen molar-refractivity contribution in [2.75, 3.05) is 64.0 Å². The Morgan fingerprint density at radius 2 is 0.694 bits per heavy atom. The third-order valence-corrected chi connectivity index (χ3v) is 15.6. The first-order chi connectivity index (χ1) is 23.4. The molecule has 0 radical (unpaired) electrons. The molecule has 1 atom stereocenters. The molecule has 0 fully saturated rings. The van der Waals surface area contributed by atoms with E-state index in [0.29, 0.717) is 51.7 Å². The minimum Gasteiger partial charge on any atom is -0.496 e. The fraction of sp³-hybridized carbons (Fsp3) is 0.436. The van der Waals surface area contributed by atoms with Gasteiger partial charge < -0.3 is 42.6 Å². The Balaban J connectivity index is 2.60. The van der Waals surface area contributed by atoms with E-state index in [1.807, 2.05) is 20.8 Å². The normalized spacial score (nSPS) is 14.6. The molecule has 4 rings (SSSR count). The molecule has 0 heterocycles. The number of allylic oxidation sites excluding steroid dienone is 4. The molecule has 266 valence electrons. The zero-order chi connectivity index (χ0) is 36.5. The first-order valence-corrected chi connectivity index (χ1v) is 18.1. The maximum atomic E-state index is 6.41. The molecule has 0 aromatic heterocycles. The van der Waals surface area contributed by atoms with Crippen LogP contribution in [0.2, 0.25) is 0 Å². The fourth-order valence-corrected chi connectivity index (χ4v) is 13.9. The summed E-state index contributed by atoms with van der Waals surface area (Å²) in [5, 5.41) is 3.77. The van der Waals surface area contributed by atoms with E-state index in [9.17, 15) is 0 Å². The zero-order valence-electron chi connectivity index (χ0n) is 32.0. The SMILES string of the molecule is COc1cc([Si](C2=C(C)C(C)=C(C)C2C)(c2cc(OC)c(C)c(OC)c2OC)c2cc(OC)c(C)c(OC)c2OC)c(OC)c(OC)c1C. The number of benzene rings is 3. The number of methoxy groups -OCH3 is 9. The maximum Gasteiger partial charge on any atom is 0.190 e. The molecule has 1 aliphatic rings. The van der Waals surface area contributed by atoms with Gasteiger partial charge in [0.2, 0.25) is 0 Å².